The number of aromatic nitrogens is 1. The first-order valence-corrected chi connectivity index (χ1v) is 13.3. The maximum Gasteiger partial charge on any atom is 0.253 e. The van der Waals surface area contributed by atoms with Gasteiger partial charge in [0.05, 0.1) is 14.2 Å². The number of piperidine rings is 1. The normalized spacial score (nSPS) is 16.4. The average molecular weight is 517 g/mol. The second kappa shape index (κ2) is 11.7. The van der Waals surface area contributed by atoms with Crippen LogP contribution in [0.15, 0.2) is 54.7 Å². The van der Waals surface area contributed by atoms with Crippen LogP contribution in [-0.2, 0) is 6.61 Å². The molecule has 0 saturated carbocycles. The summed E-state index contributed by atoms with van der Waals surface area (Å²) in [5.41, 5.74) is 9.45. The van der Waals surface area contributed by atoms with E-state index in [4.69, 9.17) is 19.9 Å². The number of benzene rings is 2. The van der Waals surface area contributed by atoms with Crippen molar-refractivity contribution in [2.45, 2.75) is 38.3 Å². The van der Waals surface area contributed by atoms with Gasteiger partial charge < -0.3 is 29.7 Å². The van der Waals surface area contributed by atoms with Crippen molar-refractivity contribution in [3.8, 4) is 28.4 Å². The highest BCUT2D eigenvalue weighted by molar-refractivity contribution is 5.94. The van der Waals surface area contributed by atoms with Gasteiger partial charge in [0.15, 0.2) is 11.6 Å². The molecule has 0 atom stereocenters. The van der Waals surface area contributed by atoms with E-state index in [1.807, 2.05) is 53.4 Å². The summed E-state index contributed by atoms with van der Waals surface area (Å²) in [7, 11) is 3.24. The molecule has 2 fully saturated rings. The molecule has 1 amide bonds. The van der Waals surface area contributed by atoms with Crippen LogP contribution in [0, 0.1) is 0 Å². The van der Waals surface area contributed by atoms with Crippen LogP contribution < -0.4 is 19.9 Å². The Kier molecular flexibility index (Phi) is 7.98. The number of amides is 1. The SMILES string of the molecule is COc1ccc(OC)c(COc2cc(-c3ccc(C(=O)N4CCC(N5CCCC5)CC4)cc3)cnc2N)c1. The minimum atomic E-state index is 0.100. The molecule has 2 N–H and O–H groups in total. The molecule has 3 heterocycles. The number of anilines is 1. The molecule has 2 aromatic carbocycles. The second-order valence-corrected chi connectivity index (χ2v) is 9.92. The maximum atomic E-state index is 13.1. The number of methoxy groups -OCH3 is 2. The summed E-state index contributed by atoms with van der Waals surface area (Å²) in [6.45, 7) is 4.31. The first-order valence-electron chi connectivity index (χ1n) is 13.3. The molecule has 0 spiro atoms. The molecule has 0 aliphatic carbocycles. The zero-order valence-electron chi connectivity index (χ0n) is 22.2. The minimum absolute atomic E-state index is 0.100. The van der Waals surface area contributed by atoms with Crippen LogP contribution in [0.5, 0.6) is 17.2 Å². The van der Waals surface area contributed by atoms with Crippen LogP contribution in [0.25, 0.3) is 11.1 Å². The molecule has 0 bridgehead atoms. The summed E-state index contributed by atoms with van der Waals surface area (Å²) < 4.78 is 16.8. The third kappa shape index (κ3) is 5.70. The van der Waals surface area contributed by atoms with Crippen molar-refractivity contribution in [1.29, 1.82) is 0 Å². The lowest BCUT2D eigenvalue weighted by Crippen LogP contribution is -2.45. The first-order chi connectivity index (χ1) is 18.6. The van der Waals surface area contributed by atoms with Gasteiger partial charge in [0, 0.05) is 42.0 Å². The highest BCUT2D eigenvalue weighted by Crippen LogP contribution is 2.30. The fraction of sp³-hybridized carbons (Fsp3) is 0.400. The Balaban J connectivity index is 1.23. The number of nitrogen functional groups attached to an aromatic ring is 1. The molecule has 200 valence electrons. The fourth-order valence-corrected chi connectivity index (χ4v) is 5.41. The largest absolute Gasteiger partial charge is 0.497 e. The van der Waals surface area contributed by atoms with Crippen LogP contribution in [0.3, 0.4) is 0 Å². The molecule has 2 aliphatic heterocycles. The lowest BCUT2D eigenvalue weighted by molar-refractivity contribution is 0.0644. The summed E-state index contributed by atoms with van der Waals surface area (Å²) >= 11 is 0. The second-order valence-electron chi connectivity index (χ2n) is 9.92. The minimum Gasteiger partial charge on any atom is -0.497 e. The topological polar surface area (TPSA) is 90.2 Å². The number of pyridine rings is 1. The van der Waals surface area contributed by atoms with Crippen molar-refractivity contribution in [1.82, 2.24) is 14.8 Å². The van der Waals surface area contributed by atoms with Gasteiger partial charge in [-0.05, 0) is 80.7 Å². The van der Waals surface area contributed by atoms with Gasteiger partial charge in [-0.25, -0.2) is 4.98 Å². The monoisotopic (exact) mass is 516 g/mol. The smallest absolute Gasteiger partial charge is 0.253 e. The molecular weight excluding hydrogens is 480 g/mol. The number of carbonyl (C=O) groups excluding carboxylic acids is 1. The standard InChI is InChI=1S/C30H36N4O4/c1-36-26-9-10-27(37-2)24(17-26)20-38-28-18-23(19-32-29(28)31)21-5-7-22(8-6-21)30(35)34-15-11-25(12-16-34)33-13-3-4-14-33/h5-10,17-19,25H,3-4,11-16,20H2,1-2H3,(H2,31,32). The number of nitrogens with zero attached hydrogens (tertiary/aromatic N) is 3. The number of carbonyl (C=O) groups is 1. The highest BCUT2D eigenvalue weighted by atomic mass is 16.5. The van der Waals surface area contributed by atoms with Crippen molar-refractivity contribution in [2.24, 2.45) is 0 Å². The third-order valence-electron chi connectivity index (χ3n) is 7.63. The van der Waals surface area contributed by atoms with E-state index in [9.17, 15) is 4.79 Å². The summed E-state index contributed by atoms with van der Waals surface area (Å²) in [6, 6.07) is 15.7. The van der Waals surface area contributed by atoms with E-state index in [1.165, 1.54) is 25.9 Å². The zero-order chi connectivity index (χ0) is 26.5. The Morgan fingerprint density at radius 2 is 1.66 bits per heavy atom. The van der Waals surface area contributed by atoms with Crippen molar-refractivity contribution in [3.63, 3.8) is 0 Å². The van der Waals surface area contributed by atoms with E-state index < -0.39 is 0 Å². The van der Waals surface area contributed by atoms with Gasteiger partial charge in [-0.2, -0.15) is 0 Å². The van der Waals surface area contributed by atoms with Gasteiger partial charge >= 0.3 is 0 Å². The van der Waals surface area contributed by atoms with Crippen molar-refractivity contribution >= 4 is 11.7 Å². The fourth-order valence-electron chi connectivity index (χ4n) is 5.41. The van der Waals surface area contributed by atoms with Crippen LogP contribution in [0.4, 0.5) is 5.82 Å². The van der Waals surface area contributed by atoms with E-state index >= 15 is 0 Å². The van der Waals surface area contributed by atoms with Gasteiger partial charge in [-0.15, -0.1) is 0 Å². The molecule has 8 nitrogen and oxygen atoms in total. The number of hydrogen-bond donors (Lipinski definition) is 1. The van der Waals surface area contributed by atoms with Gasteiger partial charge in [0.25, 0.3) is 5.91 Å². The Bertz CT molecular complexity index is 1250. The van der Waals surface area contributed by atoms with Crippen LogP contribution in [0.1, 0.15) is 41.6 Å². The third-order valence-corrected chi connectivity index (χ3v) is 7.63. The van der Waals surface area contributed by atoms with Crippen LogP contribution >= 0.6 is 0 Å². The molecule has 2 saturated heterocycles. The summed E-state index contributed by atoms with van der Waals surface area (Å²) in [4.78, 5) is 22.1. The molecule has 3 aromatic rings. The van der Waals surface area contributed by atoms with Crippen molar-refractivity contribution in [2.75, 3.05) is 46.1 Å². The number of hydrogen-bond acceptors (Lipinski definition) is 7. The Morgan fingerprint density at radius 3 is 2.34 bits per heavy atom. The molecule has 38 heavy (non-hydrogen) atoms. The predicted molar refractivity (Wildman–Crippen MR) is 148 cm³/mol. The quantitative estimate of drug-likeness (QED) is 0.467. The van der Waals surface area contributed by atoms with E-state index in [1.54, 1.807) is 20.4 Å². The molecule has 0 unspecified atom stereocenters. The van der Waals surface area contributed by atoms with Crippen molar-refractivity contribution in [3.05, 3.63) is 65.9 Å². The Morgan fingerprint density at radius 1 is 0.921 bits per heavy atom. The Hall–Kier alpha value is -3.78. The van der Waals surface area contributed by atoms with Gasteiger partial charge in [-0.3, -0.25) is 4.79 Å². The molecule has 0 radical (unpaired) electrons. The summed E-state index contributed by atoms with van der Waals surface area (Å²) in [5.74, 6) is 2.31. The van der Waals surface area contributed by atoms with Crippen molar-refractivity contribution < 1.29 is 19.0 Å². The lowest BCUT2D eigenvalue weighted by atomic mass is 10.0. The Labute approximate surface area is 224 Å². The van der Waals surface area contributed by atoms with E-state index in [2.05, 4.69) is 9.88 Å². The molecule has 8 heteroatoms. The number of likely N-dealkylation sites (tertiary alicyclic amines) is 2. The van der Waals surface area contributed by atoms with E-state index in [-0.39, 0.29) is 12.5 Å². The number of rotatable bonds is 8. The molecule has 2 aliphatic rings. The summed E-state index contributed by atoms with van der Waals surface area (Å²) in [6.07, 6.45) is 6.45. The van der Waals surface area contributed by atoms with Gasteiger partial charge in [-0.1, -0.05) is 12.1 Å². The lowest BCUT2D eigenvalue weighted by Gasteiger charge is -2.36. The number of nitrogens with two attached hydrogens (primary N) is 1. The van der Waals surface area contributed by atoms with Crippen LogP contribution in [0.2, 0.25) is 0 Å². The first kappa shape index (κ1) is 25.9. The highest BCUT2D eigenvalue weighted by Gasteiger charge is 2.28. The van der Waals surface area contributed by atoms with E-state index in [0.717, 1.165) is 48.4 Å². The molecule has 1 aromatic heterocycles. The van der Waals surface area contributed by atoms with E-state index in [0.29, 0.717) is 28.9 Å². The maximum absolute atomic E-state index is 13.1. The zero-order valence-corrected chi connectivity index (χ0v) is 22.2. The average Bonchev–Trinajstić information content (AvgIpc) is 3.52. The van der Waals surface area contributed by atoms with Crippen LogP contribution in [-0.4, -0.2) is 67.1 Å². The summed E-state index contributed by atoms with van der Waals surface area (Å²) in [5, 5.41) is 0. The van der Waals surface area contributed by atoms with Gasteiger partial charge in [0.1, 0.15) is 18.1 Å². The molecule has 5 rings (SSSR count). The predicted octanol–water partition coefficient (Wildman–Crippen LogP) is 4.63. The number of ether oxygens (including phenoxy) is 3. The molecular formula is C30H36N4O4. The van der Waals surface area contributed by atoms with Gasteiger partial charge in [0.2, 0.25) is 0 Å².